The fourth-order valence-corrected chi connectivity index (χ4v) is 3.84. The SMILES string of the molecule is CC(=O)c1ccc(S(=O)(=O)Nc2cc3c(cc2Br)OCCO3)cc1. The van der Waals surface area contributed by atoms with Gasteiger partial charge in [-0.15, -0.1) is 0 Å². The molecule has 24 heavy (non-hydrogen) atoms. The molecule has 126 valence electrons. The maximum atomic E-state index is 12.5. The molecule has 8 heteroatoms. The minimum atomic E-state index is -3.79. The second-order valence-electron chi connectivity index (χ2n) is 5.16. The number of rotatable bonds is 4. The zero-order chi connectivity index (χ0) is 17.3. The summed E-state index contributed by atoms with van der Waals surface area (Å²) in [5, 5.41) is 0. The Balaban J connectivity index is 1.90. The summed E-state index contributed by atoms with van der Waals surface area (Å²) in [6, 6.07) is 8.98. The van der Waals surface area contributed by atoms with Gasteiger partial charge < -0.3 is 9.47 Å². The highest BCUT2D eigenvalue weighted by molar-refractivity contribution is 9.10. The van der Waals surface area contributed by atoms with E-state index in [1.54, 1.807) is 12.1 Å². The van der Waals surface area contributed by atoms with Crippen molar-refractivity contribution in [2.75, 3.05) is 17.9 Å². The molecule has 2 aromatic rings. The minimum absolute atomic E-state index is 0.0642. The van der Waals surface area contributed by atoms with Crippen LogP contribution < -0.4 is 14.2 Å². The van der Waals surface area contributed by atoms with E-state index in [0.29, 0.717) is 40.4 Å². The lowest BCUT2D eigenvalue weighted by molar-refractivity contribution is 0.101. The molecule has 0 spiro atoms. The van der Waals surface area contributed by atoms with Crippen LogP contribution in [-0.2, 0) is 10.0 Å². The van der Waals surface area contributed by atoms with Crippen LogP contribution in [0.4, 0.5) is 5.69 Å². The van der Waals surface area contributed by atoms with Gasteiger partial charge in [-0.25, -0.2) is 8.42 Å². The molecule has 0 bridgehead atoms. The largest absolute Gasteiger partial charge is 0.486 e. The summed E-state index contributed by atoms with van der Waals surface area (Å²) in [7, 11) is -3.79. The van der Waals surface area contributed by atoms with Gasteiger partial charge >= 0.3 is 0 Å². The predicted molar refractivity (Wildman–Crippen MR) is 92.4 cm³/mol. The zero-order valence-electron chi connectivity index (χ0n) is 12.7. The summed E-state index contributed by atoms with van der Waals surface area (Å²) in [4.78, 5) is 11.3. The first-order valence-corrected chi connectivity index (χ1v) is 9.37. The van der Waals surface area contributed by atoms with Crippen LogP contribution in [-0.4, -0.2) is 27.4 Å². The first-order chi connectivity index (χ1) is 11.4. The van der Waals surface area contributed by atoms with Gasteiger partial charge in [-0.05, 0) is 35.0 Å². The minimum Gasteiger partial charge on any atom is -0.486 e. The molecule has 0 saturated carbocycles. The van der Waals surface area contributed by atoms with Gasteiger partial charge in [0.15, 0.2) is 17.3 Å². The summed E-state index contributed by atoms with van der Waals surface area (Å²) in [5.41, 5.74) is 0.796. The van der Waals surface area contributed by atoms with Crippen molar-refractivity contribution in [1.29, 1.82) is 0 Å². The second kappa shape index (κ2) is 6.45. The highest BCUT2D eigenvalue weighted by atomic mass is 79.9. The summed E-state index contributed by atoms with van der Waals surface area (Å²) in [6.45, 7) is 2.29. The lowest BCUT2D eigenvalue weighted by Gasteiger charge is -2.20. The summed E-state index contributed by atoms with van der Waals surface area (Å²) in [6.07, 6.45) is 0. The molecule has 0 amide bonds. The standard InChI is InChI=1S/C16H14BrNO5S/c1-10(19)11-2-4-12(5-3-11)24(20,21)18-14-9-16-15(8-13(14)17)22-6-7-23-16/h2-5,8-9,18H,6-7H2,1H3. The van der Waals surface area contributed by atoms with Crippen LogP contribution >= 0.6 is 15.9 Å². The number of sulfonamides is 1. The number of benzene rings is 2. The lowest BCUT2D eigenvalue weighted by Crippen LogP contribution is -2.17. The first kappa shape index (κ1) is 16.8. The molecule has 1 aliphatic heterocycles. The number of hydrogen-bond acceptors (Lipinski definition) is 5. The van der Waals surface area contributed by atoms with Gasteiger partial charge in [0.05, 0.1) is 10.6 Å². The molecular formula is C16H14BrNO5S. The van der Waals surface area contributed by atoms with E-state index in [2.05, 4.69) is 20.7 Å². The van der Waals surface area contributed by atoms with Crippen LogP contribution in [0.2, 0.25) is 0 Å². The molecule has 0 radical (unpaired) electrons. The van der Waals surface area contributed by atoms with Gasteiger partial charge in [0, 0.05) is 22.2 Å². The quantitative estimate of drug-likeness (QED) is 0.780. The Morgan fingerprint density at radius 2 is 1.67 bits per heavy atom. The lowest BCUT2D eigenvalue weighted by atomic mass is 10.2. The van der Waals surface area contributed by atoms with Crippen LogP contribution in [0.3, 0.4) is 0 Å². The van der Waals surface area contributed by atoms with Crippen molar-refractivity contribution >= 4 is 37.4 Å². The molecule has 0 aliphatic carbocycles. The van der Waals surface area contributed by atoms with Crippen LogP contribution in [0.1, 0.15) is 17.3 Å². The number of anilines is 1. The van der Waals surface area contributed by atoms with E-state index >= 15 is 0 Å². The van der Waals surface area contributed by atoms with Crippen molar-refractivity contribution in [1.82, 2.24) is 0 Å². The molecule has 6 nitrogen and oxygen atoms in total. The van der Waals surface area contributed by atoms with E-state index in [1.165, 1.54) is 31.2 Å². The number of carbonyl (C=O) groups is 1. The average molecular weight is 412 g/mol. The normalized spacial score (nSPS) is 13.4. The van der Waals surface area contributed by atoms with E-state index in [0.717, 1.165) is 0 Å². The first-order valence-electron chi connectivity index (χ1n) is 7.10. The fraction of sp³-hybridized carbons (Fsp3) is 0.188. The molecular weight excluding hydrogens is 398 g/mol. The third-order valence-electron chi connectivity index (χ3n) is 3.45. The molecule has 0 unspecified atom stereocenters. The third kappa shape index (κ3) is 3.39. The van der Waals surface area contributed by atoms with Crippen LogP contribution in [0.25, 0.3) is 0 Å². The predicted octanol–water partition coefficient (Wildman–Crippen LogP) is 3.22. The highest BCUT2D eigenvalue weighted by Gasteiger charge is 2.20. The smallest absolute Gasteiger partial charge is 0.261 e. The number of nitrogens with one attached hydrogen (secondary N) is 1. The number of carbonyl (C=O) groups excluding carboxylic acids is 1. The number of hydrogen-bond donors (Lipinski definition) is 1. The van der Waals surface area contributed by atoms with Crippen LogP contribution in [0.5, 0.6) is 11.5 Å². The summed E-state index contributed by atoms with van der Waals surface area (Å²) >= 11 is 3.32. The van der Waals surface area contributed by atoms with E-state index in [9.17, 15) is 13.2 Å². The molecule has 0 fully saturated rings. The summed E-state index contributed by atoms with van der Waals surface area (Å²) < 4.78 is 39.0. The molecule has 3 rings (SSSR count). The van der Waals surface area contributed by atoms with Gasteiger partial charge in [0.25, 0.3) is 10.0 Å². The number of fused-ring (bicyclic) bond motifs is 1. The fourth-order valence-electron chi connectivity index (χ4n) is 2.21. The van der Waals surface area contributed by atoms with Gasteiger partial charge in [0.1, 0.15) is 13.2 Å². The van der Waals surface area contributed by atoms with Gasteiger partial charge in [0.2, 0.25) is 0 Å². The van der Waals surface area contributed by atoms with Crippen LogP contribution in [0, 0.1) is 0 Å². The Kier molecular flexibility index (Phi) is 4.51. The van der Waals surface area contributed by atoms with E-state index < -0.39 is 10.0 Å². The Bertz CT molecular complexity index is 893. The van der Waals surface area contributed by atoms with Crippen molar-refractivity contribution in [2.24, 2.45) is 0 Å². The molecule has 0 saturated heterocycles. The molecule has 0 aromatic heterocycles. The summed E-state index contributed by atoms with van der Waals surface area (Å²) in [5.74, 6) is 0.914. The second-order valence-corrected chi connectivity index (χ2v) is 7.70. The third-order valence-corrected chi connectivity index (χ3v) is 5.48. The van der Waals surface area contributed by atoms with E-state index in [4.69, 9.17) is 9.47 Å². The van der Waals surface area contributed by atoms with Crippen molar-refractivity contribution in [3.63, 3.8) is 0 Å². The Morgan fingerprint density at radius 3 is 2.25 bits per heavy atom. The van der Waals surface area contributed by atoms with Gasteiger partial charge in [-0.3, -0.25) is 9.52 Å². The topological polar surface area (TPSA) is 81.7 Å². The number of halogens is 1. The number of ketones is 1. The Hall–Kier alpha value is -2.06. The number of Topliss-reactive ketones (excluding diaryl/α,β-unsaturated/α-hetero) is 1. The van der Waals surface area contributed by atoms with Gasteiger partial charge in [-0.1, -0.05) is 12.1 Å². The van der Waals surface area contributed by atoms with Crippen molar-refractivity contribution in [3.05, 3.63) is 46.4 Å². The maximum absolute atomic E-state index is 12.5. The molecule has 1 N–H and O–H groups in total. The Morgan fingerprint density at radius 1 is 1.08 bits per heavy atom. The van der Waals surface area contributed by atoms with Crippen molar-refractivity contribution < 1.29 is 22.7 Å². The number of ether oxygens (including phenoxy) is 2. The van der Waals surface area contributed by atoms with E-state index in [1.807, 2.05) is 0 Å². The van der Waals surface area contributed by atoms with Crippen molar-refractivity contribution in [2.45, 2.75) is 11.8 Å². The highest BCUT2D eigenvalue weighted by Crippen LogP contribution is 2.38. The molecule has 0 atom stereocenters. The molecule has 1 heterocycles. The maximum Gasteiger partial charge on any atom is 0.261 e. The van der Waals surface area contributed by atoms with Crippen molar-refractivity contribution in [3.8, 4) is 11.5 Å². The molecule has 2 aromatic carbocycles. The monoisotopic (exact) mass is 411 g/mol. The average Bonchev–Trinajstić information content (AvgIpc) is 2.55. The van der Waals surface area contributed by atoms with Gasteiger partial charge in [-0.2, -0.15) is 0 Å². The Labute approximate surface area is 148 Å². The van der Waals surface area contributed by atoms with Crippen LogP contribution in [0.15, 0.2) is 45.8 Å². The zero-order valence-corrected chi connectivity index (χ0v) is 15.1. The van der Waals surface area contributed by atoms with E-state index in [-0.39, 0.29) is 10.7 Å². The molecule has 1 aliphatic rings.